The summed E-state index contributed by atoms with van der Waals surface area (Å²) in [6.07, 6.45) is 4.26. The van der Waals surface area contributed by atoms with Crippen LogP contribution in [0.3, 0.4) is 0 Å². The van der Waals surface area contributed by atoms with Gasteiger partial charge in [-0.1, -0.05) is 89.5 Å². The standard InChI is InChI=1S/C22H26BNO2.C16H14ClN.C12H24B2O4/c1-16-6-8-17(9-7-16)15-24-13-12-18-10-11-19(14-20(18)24)23-25-21(2,3)22(4,5)26-23;1-12-2-4-13(5-3-12)11-18-9-8-14-6-7-15(17)10-16(14)18;1-9(2)10(3,4)16-13(15-9)14-17-11(5,6)12(7,8)18-14/h6-14H,15H2,1-5H3;2-10H,11H2,1H3;1-8H3. The highest BCUT2D eigenvalue weighted by molar-refractivity contribution is 7.11. The topological polar surface area (TPSA) is 65.2 Å². The molecule has 0 bridgehead atoms. The Morgan fingerprint density at radius 3 is 1.19 bits per heavy atom. The predicted molar refractivity (Wildman–Crippen MR) is 257 cm³/mol. The van der Waals surface area contributed by atoms with Crippen molar-refractivity contribution in [3.05, 3.63) is 137 Å². The fourth-order valence-electron chi connectivity index (χ4n) is 7.54. The third-order valence-corrected chi connectivity index (χ3v) is 14.0. The number of aromatic nitrogens is 2. The van der Waals surface area contributed by atoms with Gasteiger partial charge in [-0.15, -0.1) is 0 Å². The summed E-state index contributed by atoms with van der Waals surface area (Å²) in [6.45, 7) is 30.5. The number of benzene rings is 4. The molecule has 8 nitrogen and oxygen atoms in total. The molecule has 0 unspecified atom stereocenters. The van der Waals surface area contributed by atoms with Gasteiger partial charge in [0.2, 0.25) is 0 Å². The smallest absolute Gasteiger partial charge is 0.405 e. The van der Waals surface area contributed by atoms with Gasteiger partial charge in [0.05, 0.1) is 33.6 Å². The highest BCUT2D eigenvalue weighted by Gasteiger charge is 2.63. The van der Waals surface area contributed by atoms with Crippen molar-refractivity contribution in [3.63, 3.8) is 0 Å². The monoisotopic (exact) mass is 856 g/mol. The van der Waals surface area contributed by atoms with E-state index in [9.17, 15) is 0 Å². The lowest BCUT2D eigenvalue weighted by Crippen LogP contribution is -2.41. The van der Waals surface area contributed by atoms with E-state index in [-0.39, 0.29) is 40.7 Å². The summed E-state index contributed by atoms with van der Waals surface area (Å²) in [4.78, 5) is 0. The number of hydrogen-bond donors (Lipinski definition) is 0. The van der Waals surface area contributed by atoms with E-state index in [1.54, 1.807) is 0 Å². The average Bonchev–Trinajstić information content (AvgIpc) is 3.93. The van der Waals surface area contributed by atoms with E-state index in [2.05, 4.69) is 148 Å². The van der Waals surface area contributed by atoms with Crippen molar-refractivity contribution in [1.29, 1.82) is 0 Å². The van der Waals surface area contributed by atoms with Gasteiger partial charge in [-0.25, -0.2) is 0 Å². The second kappa shape index (κ2) is 17.0. The fraction of sp³-hybridized carbons (Fsp3) is 0.440. The van der Waals surface area contributed by atoms with Crippen LogP contribution in [-0.4, -0.2) is 63.9 Å². The molecule has 3 aliphatic heterocycles. The highest BCUT2D eigenvalue weighted by Crippen LogP contribution is 2.43. The van der Waals surface area contributed by atoms with E-state index in [4.69, 9.17) is 39.5 Å². The quantitative estimate of drug-likeness (QED) is 0.156. The molecule has 5 heterocycles. The van der Waals surface area contributed by atoms with Crippen molar-refractivity contribution in [2.75, 3.05) is 0 Å². The minimum absolute atomic E-state index is 0.323. The normalized spacial score (nSPS) is 20.3. The molecule has 0 radical (unpaired) electrons. The van der Waals surface area contributed by atoms with Crippen molar-refractivity contribution >= 4 is 60.0 Å². The van der Waals surface area contributed by atoms with Gasteiger partial charge in [0.1, 0.15) is 0 Å². The first-order valence-corrected chi connectivity index (χ1v) is 22.2. The van der Waals surface area contributed by atoms with Gasteiger partial charge < -0.3 is 37.1 Å². The predicted octanol–water partition coefficient (Wildman–Crippen LogP) is 11.2. The molecule has 2 aromatic heterocycles. The van der Waals surface area contributed by atoms with Crippen molar-refractivity contribution in [1.82, 2.24) is 9.13 Å². The Bertz CT molecular complexity index is 2430. The van der Waals surface area contributed by atoms with Crippen molar-refractivity contribution < 1.29 is 27.9 Å². The molecular weight excluding hydrogens is 792 g/mol. The maximum atomic E-state index is 6.22. The van der Waals surface area contributed by atoms with Crippen LogP contribution in [0.2, 0.25) is 5.02 Å². The molecule has 0 aliphatic carbocycles. The highest BCUT2D eigenvalue weighted by atomic mass is 35.5. The Morgan fingerprint density at radius 1 is 0.435 bits per heavy atom. The third-order valence-electron chi connectivity index (χ3n) is 13.8. The van der Waals surface area contributed by atoms with E-state index in [0.29, 0.717) is 0 Å². The van der Waals surface area contributed by atoms with Crippen LogP contribution in [0.5, 0.6) is 0 Å². The first-order chi connectivity index (χ1) is 28.9. The van der Waals surface area contributed by atoms with Gasteiger partial charge in [0.25, 0.3) is 0 Å². The summed E-state index contributed by atoms with van der Waals surface area (Å²) < 4.78 is 40.8. The Hall–Kier alpha value is -3.80. The zero-order valence-electron chi connectivity index (χ0n) is 39.3. The van der Waals surface area contributed by atoms with E-state index in [1.807, 2.05) is 67.5 Å². The fourth-order valence-corrected chi connectivity index (χ4v) is 7.71. The lowest BCUT2D eigenvalue weighted by atomic mass is 9.49. The summed E-state index contributed by atoms with van der Waals surface area (Å²) >= 11 is 6.06. The molecule has 326 valence electrons. The minimum atomic E-state index is -0.476. The van der Waals surface area contributed by atoms with E-state index >= 15 is 0 Å². The molecule has 0 saturated carbocycles. The molecule has 6 aromatic rings. The van der Waals surface area contributed by atoms with Gasteiger partial charge in [0, 0.05) is 41.5 Å². The number of hydrogen-bond acceptors (Lipinski definition) is 6. The van der Waals surface area contributed by atoms with Gasteiger partial charge in [-0.2, -0.15) is 0 Å². The Morgan fingerprint density at radius 2 is 0.790 bits per heavy atom. The lowest BCUT2D eigenvalue weighted by molar-refractivity contribution is 0.00578. The zero-order chi connectivity index (χ0) is 45.0. The van der Waals surface area contributed by atoms with Gasteiger partial charge in [-0.05, 0) is 155 Å². The number of nitrogens with zero attached hydrogens (tertiary/aromatic N) is 2. The van der Waals surface area contributed by atoms with Crippen molar-refractivity contribution in [2.45, 2.75) is 144 Å². The Labute approximate surface area is 375 Å². The summed E-state index contributed by atoms with van der Waals surface area (Å²) in [6, 6.07) is 34.1. The van der Waals surface area contributed by atoms with Crippen LogP contribution >= 0.6 is 11.6 Å². The molecule has 3 saturated heterocycles. The van der Waals surface area contributed by atoms with Gasteiger partial charge in [0.15, 0.2) is 0 Å². The van der Waals surface area contributed by atoms with Gasteiger partial charge in [-0.3, -0.25) is 0 Å². The minimum Gasteiger partial charge on any atom is -0.405 e. The maximum absolute atomic E-state index is 6.22. The number of aryl methyl sites for hydroxylation is 2. The summed E-state index contributed by atoms with van der Waals surface area (Å²) in [7, 11) is -1.28. The van der Waals surface area contributed by atoms with Crippen LogP contribution in [0.25, 0.3) is 21.8 Å². The molecule has 3 fully saturated rings. The van der Waals surface area contributed by atoms with Crippen LogP contribution in [0.1, 0.15) is 105 Å². The van der Waals surface area contributed by atoms with E-state index < -0.39 is 14.0 Å². The average molecular weight is 857 g/mol. The molecule has 62 heavy (non-hydrogen) atoms. The Balaban J connectivity index is 0.000000144. The molecule has 0 atom stereocenters. The van der Waals surface area contributed by atoms with Crippen LogP contribution in [0.4, 0.5) is 0 Å². The molecule has 0 N–H and O–H groups in total. The van der Waals surface area contributed by atoms with E-state index in [0.717, 1.165) is 23.6 Å². The van der Waals surface area contributed by atoms with Crippen LogP contribution in [0, 0.1) is 13.8 Å². The van der Waals surface area contributed by atoms with Crippen LogP contribution in [0.15, 0.2) is 109 Å². The number of halogens is 1. The second-order valence-electron chi connectivity index (χ2n) is 20.2. The first kappa shape index (κ1) is 46.2. The number of rotatable bonds is 6. The molecule has 0 amide bonds. The van der Waals surface area contributed by atoms with E-state index in [1.165, 1.54) is 44.1 Å². The summed E-state index contributed by atoms with van der Waals surface area (Å²) in [5.41, 5.74) is 6.55. The molecule has 12 heteroatoms. The van der Waals surface area contributed by atoms with Crippen molar-refractivity contribution in [3.8, 4) is 0 Å². The largest absolute Gasteiger partial charge is 0.494 e. The van der Waals surface area contributed by atoms with Crippen LogP contribution < -0.4 is 5.46 Å². The van der Waals surface area contributed by atoms with Crippen molar-refractivity contribution in [2.24, 2.45) is 0 Å². The summed E-state index contributed by atoms with van der Waals surface area (Å²) in [5, 5.41) is 3.25. The molecule has 4 aromatic carbocycles. The van der Waals surface area contributed by atoms with Gasteiger partial charge >= 0.3 is 21.1 Å². The number of fused-ring (bicyclic) bond motifs is 2. The summed E-state index contributed by atoms with van der Waals surface area (Å²) in [5.74, 6) is 0. The van der Waals surface area contributed by atoms with Crippen LogP contribution in [-0.2, 0) is 41.0 Å². The molecule has 3 aliphatic rings. The molecular formula is C50H64B3ClN2O6. The maximum Gasteiger partial charge on any atom is 0.494 e. The Kier molecular flexibility index (Phi) is 12.6. The molecule has 0 spiro atoms. The second-order valence-corrected chi connectivity index (χ2v) is 20.7. The SMILES string of the molecule is CC1(C)OB(B2OC(C)(C)C(C)(C)O2)OC1(C)C.Cc1ccc(Cn2ccc3ccc(B4OC(C)(C)C(C)(C)O4)cc32)cc1.Cc1ccc(Cn2ccc3ccc(Cl)cc32)cc1. The first-order valence-electron chi connectivity index (χ1n) is 21.9. The zero-order valence-corrected chi connectivity index (χ0v) is 40.0. The molecule has 9 rings (SSSR count). The third kappa shape index (κ3) is 9.65. The lowest BCUT2D eigenvalue weighted by Gasteiger charge is -2.32.